The molecule has 0 radical (unpaired) electrons. The van der Waals surface area contributed by atoms with Gasteiger partial charge in [0.05, 0.1) is 17.9 Å². The number of hydrogen-bond acceptors (Lipinski definition) is 3. The Morgan fingerprint density at radius 1 is 1.26 bits per heavy atom. The van der Waals surface area contributed by atoms with E-state index in [4.69, 9.17) is 0 Å². The lowest BCUT2D eigenvalue weighted by Gasteiger charge is -2.42. The van der Waals surface area contributed by atoms with E-state index in [1.807, 2.05) is 13.1 Å². The third-order valence-electron chi connectivity index (χ3n) is 5.15. The average molecular weight is 262 g/mol. The highest BCUT2D eigenvalue weighted by Crippen LogP contribution is 2.45. The Bertz CT molecular complexity index is 416. The Balaban J connectivity index is 1.87. The number of aliphatic hydroxyl groups is 1. The second-order valence-corrected chi connectivity index (χ2v) is 6.99. The van der Waals surface area contributed by atoms with Gasteiger partial charge in [-0.2, -0.15) is 0 Å². The first-order chi connectivity index (χ1) is 8.99. The minimum Gasteiger partial charge on any atom is -0.384 e. The predicted octanol–water partition coefficient (Wildman–Crippen LogP) is 2.95. The molecule has 0 aromatic carbocycles. The number of rotatable bonds is 1. The summed E-state index contributed by atoms with van der Waals surface area (Å²) in [6.45, 7) is 7.37. The lowest BCUT2D eigenvalue weighted by Crippen LogP contribution is -2.45. The van der Waals surface area contributed by atoms with Crippen LogP contribution in [0.15, 0.2) is 16.4 Å². The molecule has 1 N–H and O–H groups in total. The Kier molecular flexibility index (Phi) is 3.20. The van der Waals surface area contributed by atoms with Crippen LogP contribution < -0.4 is 0 Å². The number of nitrogens with zero attached hydrogens (tertiary/aromatic N) is 2. The molecule has 2 aliphatic carbocycles. The van der Waals surface area contributed by atoms with Crippen molar-refractivity contribution in [1.29, 1.82) is 0 Å². The SMILES string of the molecule is CC1CCC(N2CC=NC3=C2C(C)(O)CC3C)CC1. The highest BCUT2D eigenvalue weighted by Gasteiger charge is 2.45. The van der Waals surface area contributed by atoms with E-state index in [0.717, 1.165) is 30.3 Å². The zero-order valence-electron chi connectivity index (χ0n) is 12.4. The lowest BCUT2D eigenvalue weighted by molar-refractivity contribution is 0.0489. The summed E-state index contributed by atoms with van der Waals surface area (Å²) in [6.07, 6.45) is 8.01. The van der Waals surface area contributed by atoms with Gasteiger partial charge in [-0.1, -0.05) is 13.8 Å². The zero-order valence-corrected chi connectivity index (χ0v) is 12.4. The summed E-state index contributed by atoms with van der Waals surface area (Å²) in [7, 11) is 0. The van der Waals surface area contributed by atoms with E-state index in [2.05, 4.69) is 23.7 Å². The topological polar surface area (TPSA) is 35.8 Å². The molecule has 106 valence electrons. The Hall–Kier alpha value is -0.830. The molecule has 1 saturated carbocycles. The molecule has 0 aromatic rings. The molecular formula is C16H26N2O. The monoisotopic (exact) mass is 262 g/mol. The van der Waals surface area contributed by atoms with Crippen LogP contribution in [0.3, 0.4) is 0 Å². The zero-order chi connectivity index (χ0) is 13.6. The quantitative estimate of drug-likeness (QED) is 0.788. The van der Waals surface area contributed by atoms with Crippen molar-refractivity contribution in [2.75, 3.05) is 6.54 Å². The molecule has 0 saturated heterocycles. The maximum absolute atomic E-state index is 10.7. The minimum atomic E-state index is -0.685. The molecule has 1 fully saturated rings. The summed E-state index contributed by atoms with van der Waals surface area (Å²) < 4.78 is 0. The Morgan fingerprint density at radius 3 is 2.63 bits per heavy atom. The minimum absolute atomic E-state index is 0.381. The van der Waals surface area contributed by atoms with Crippen molar-refractivity contribution in [2.24, 2.45) is 16.8 Å². The molecule has 1 heterocycles. The van der Waals surface area contributed by atoms with Gasteiger partial charge in [-0.3, -0.25) is 4.99 Å². The fourth-order valence-electron chi connectivity index (χ4n) is 4.15. The van der Waals surface area contributed by atoms with E-state index in [9.17, 15) is 5.11 Å². The van der Waals surface area contributed by atoms with Gasteiger partial charge in [0.15, 0.2) is 0 Å². The molecule has 0 amide bonds. The predicted molar refractivity (Wildman–Crippen MR) is 78.0 cm³/mol. The molecule has 3 aliphatic rings. The number of aliphatic imine (C=N–C) groups is 1. The fourth-order valence-corrected chi connectivity index (χ4v) is 4.15. The third-order valence-corrected chi connectivity index (χ3v) is 5.15. The maximum atomic E-state index is 10.7. The van der Waals surface area contributed by atoms with Crippen LogP contribution in [0.25, 0.3) is 0 Å². The summed E-state index contributed by atoms with van der Waals surface area (Å²) in [6, 6.07) is 0.602. The normalized spacial score (nSPS) is 42.7. The van der Waals surface area contributed by atoms with Gasteiger partial charge in [0.25, 0.3) is 0 Å². The molecule has 3 nitrogen and oxygen atoms in total. The van der Waals surface area contributed by atoms with Gasteiger partial charge in [0, 0.05) is 18.2 Å². The smallest absolute Gasteiger partial charge is 0.104 e. The average Bonchev–Trinajstić information content (AvgIpc) is 2.61. The summed E-state index contributed by atoms with van der Waals surface area (Å²) in [5, 5.41) is 10.7. The molecule has 2 unspecified atom stereocenters. The summed E-state index contributed by atoms with van der Waals surface area (Å²) in [5.41, 5.74) is 1.58. The third kappa shape index (κ3) is 2.22. The Morgan fingerprint density at radius 2 is 1.95 bits per heavy atom. The van der Waals surface area contributed by atoms with Gasteiger partial charge in [-0.15, -0.1) is 0 Å². The van der Waals surface area contributed by atoms with Crippen LogP contribution in [0.2, 0.25) is 0 Å². The molecule has 3 rings (SSSR count). The second-order valence-electron chi connectivity index (χ2n) is 6.99. The first kappa shape index (κ1) is 13.2. The van der Waals surface area contributed by atoms with E-state index in [0.29, 0.717) is 12.0 Å². The van der Waals surface area contributed by atoms with Gasteiger partial charge in [0.1, 0.15) is 5.60 Å². The molecular weight excluding hydrogens is 236 g/mol. The highest BCUT2D eigenvalue weighted by atomic mass is 16.3. The molecule has 0 aromatic heterocycles. The second kappa shape index (κ2) is 4.62. The van der Waals surface area contributed by atoms with Crippen molar-refractivity contribution in [3.05, 3.63) is 11.4 Å². The van der Waals surface area contributed by atoms with E-state index in [1.165, 1.54) is 25.7 Å². The van der Waals surface area contributed by atoms with Crippen LogP contribution >= 0.6 is 0 Å². The van der Waals surface area contributed by atoms with Crippen molar-refractivity contribution in [3.8, 4) is 0 Å². The van der Waals surface area contributed by atoms with Crippen molar-refractivity contribution < 1.29 is 5.11 Å². The number of allylic oxidation sites excluding steroid dienone is 1. The van der Waals surface area contributed by atoms with E-state index >= 15 is 0 Å². The molecule has 0 bridgehead atoms. The van der Waals surface area contributed by atoms with Gasteiger partial charge >= 0.3 is 0 Å². The van der Waals surface area contributed by atoms with Gasteiger partial charge in [-0.05, 0) is 44.9 Å². The van der Waals surface area contributed by atoms with Crippen LogP contribution in [-0.2, 0) is 0 Å². The van der Waals surface area contributed by atoms with Crippen LogP contribution in [0.4, 0.5) is 0 Å². The maximum Gasteiger partial charge on any atom is 0.104 e. The fraction of sp³-hybridized carbons (Fsp3) is 0.812. The summed E-state index contributed by atoms with van der Waals surface area (Å²) in [4.78, 5) is 7.04. The Labute approximate surface area is 116 Å². The highest BCUT2D eigenvalue weighted by molar-refractivity contribution is 5.65. The van der Waals surface area contributed by atoms with Crippen molar-refractivity contribution in [2.45, 2.75) is 64.5 Å². The molecule has 3 heteroatoms. The van der Waals surface area contributed by atoms with E-state index in [1.54, 1.807) is 0 Å². The van der Waals surface area contributed by atoms with Crippen molar-refractivity contribution in [3.63, 3.8) is 0 Å². The van der Waals surface area contributed by atoms with E-state index in [-0.39, 0.29) is 0 Å². The summed E-state index contributed by atoms with van der Waals surface area (Å²) >= 11 is 0. The molecule has 2 atom stereocenters. The first-order valence-electron chi connectivity index (χ1n) is 7.75. The van der Waals surface area contributed by atoms with Crippen LogP contribution in [-0.4, -0.2) is 34.4 Å². The van der Waals surface area contributed by atoms with Crippen molar-refractivity contribution in [1.82, 2.24) is 4.90 Å². The van der Waals surface area contributed by atoms with Gasteiger partial charge < -0.3 is 10.0 Å². The van der Waals surface area contributed by atoms with Crippen LogP contribution in [0, 0.1) is 11.8 Å². The van der Waals surface area contributed by atoms with Gasteiger partial charge in [-0.25, -0.2) is 0 Å². The van der Waals surface area contributed by atoms with Gasteiger partial charge in [0.2, 0.25) is 0 Å². The molecule has 0 spiro atoms. The van der Waals surface area contributed by atoms with Crippen LogP contribution in [0.1, 0.15) is 52.9 Å². The standard InChI is InChI=1S/C16H26N2O/c1-11-4-6-13(7-5-11)18-9-8-17-14-12(2)10-16(3,19)15(14)18/h8,11-13,19H,4-7,9-10H2,1-3H3. The number of hydrogen-bond donors (Lipinski definition) is 1. The van der Waals surface area contributed by atoms with E-state index < -0.39 is 5.60 Å². The van der Waals surface area contributed by atoms with Crippen molar-refractivity contribution >= 4 is 6.21 Å². The lowest BCUT2D eigenvalue weighted by atomic mass is 9.85. The summed E-state index contributed by atoms with van der Waals surface area (Å²) in [5.74, 6) is 1.25. The first-order valence-corrected chi connectivity index (χ1v) is 7.75. The molecule has 19 heavy (non-hydrogen) atoms. The van der Waals surface area contributed by atoms with Crippen LogP contribution in [0.5, 0.6) is 0 Å². The molecule has 1 aliphatic heterocycles. The largest absolute Gasteiger partial charge is 0.384 e.